The molecule has 0 unspecified atom stereocenters. The molecule has 1 aromatic carbocycles. The molecule has 0 saturated heterocycles. The zero-order chi connectivity index (χ0) is 10.0. The van der Waals surface area contributed by atoms with Gasteiger partial charge >= 0.3 is 0 Å². The van der Waals surface area contributed by atoms with Gasteiger partial charge in [-0.15, -0.1) is 0 Å². The molecule has 0 aliphatic carbocycles. The van der Waals surface area contributed by atoms with Crippen LogP contribution in [0.5, 0.6) is 5.75 Å². The summed E-state index contributed by atoms with van der Waals surface area (Å²) in [5.74, 6) is 0.345. The van der Waals surface area contributed by atoms with Gasteiger partial charge in [-0.05, 0) is 13.0 Å². The number of ketones is 1. The van der Waals surface area contributed by atoms with E-state index in [2.05, 4.69) is 0 Å². The van der Waals surface area contributed by atoms with Gasteiger partial charge in [-0.3, -0.25) is 4.79 Å². The van der Waals surface area contributed by atoms with Crippen molar-refractivity contribution in [2.45, 2.75) is 6.92 Å². The van der Waals surface area contributed by atoms with Crippen LogP contribution in [0.25, 0.3) is 0 Å². The van der Waals surface area contributed by atoms with E-state index in [0.29, 0.717) is 21.4 Å². The second kappa shape index (κ2) is 3.99. The van der Waals surface area contributed by atoms with Crippen molar-refractivity contribution in [2.75, 3.05) is 7.11 Å². The third-order valence-corrected chi connectivity index (χ3v) is 2.34. The molecule has 0 spiro atoms. The van der Waals surface area contributed by atoms with Crippen molar-refractivity contribution in [1.82, 2.24) is 0 Å². The molecule has 0 atom stereocenters. The molecule has 2 nitrogen and oxygen atoms in total. The summed E-state index contributed by atoms with van der Waals surface area (Å²) in [6, 6.07) is 3.03. The molecule has 1 rings (SSSR count). The van der Waals surface area contributed by atoms with Gasteiger partial charge < -0.3 is 4.74 Å². The van der Waals surface area contributed by atoms with Crippen molar-refractivity contribution in [3.05, 3.63) is 27.7 Å². The van der Waals surface area contributed by atoms with E-state index in [4.69, 9.17) is 27.9 Å². The van der Waals surface area contributed by atoms with E-state index >= 15 is 0 Å². The van der Waals surface area contributed by atoms with Crippen molar-refractivity contribution in [3.63, 3.8) is 0 Å². The zero-order valence-corrected chi connectivity index (χ0v) is 8.74. The second-order valence-corrected chi connectivity index (χ2v) is 3.34. The van der Waals surface area contributed by atoms with Gasteiger partial charge in [0.25, 0.3) is 0 Å². The lowest BCUT2D eigenvalue weighted by Crippen LogP contribution is -1.97. The fourth-order valence-corrected chi connectivity index (χ4v) is 1.29. The van der Waals surface area contributed by atoms with Gasteiger partial charge in [0.15, 0.2) is 5.78 Å². The highest BCUT2D eigenvalue weighted by Crippen LogP contribution is 2.30. The molecule has 0 aliphatic rings. The third kappa shape index (κ3) is 2.14. The number of hydrogen-bond donors (Lipinski definition) is 0. The summed E-state index contributed by atoms with van der Waals surface area (Å²) >= 11 is 11.5. The smallest absolute Gasteiger partial charge is 0.163 e. The first-order valence-electron chi connectivity index (χ1n) is 3.60. The Morgan fingerprint density at radius 1 is 1.31 bits per heavy atom. The maximum absolute atomic E-state index is 11.1. The van der Waals surface area contributed by atoms with Gasteiger partial charge in [-0.2, -0.15) is 0 Å². The highest BCUT2D eigenvalue weighted by atomic mass is 35.5. The van der Waals surface area contributed by atoms with E-state index in [1.165, 1.54) is 26.2 Å². The SMILES string of the molecule is COc1cc(Cl)c(Cl)cc1C(C)=O. The molecule has 0 heterocycles. The molecule has 70 valence electrons. The number of Topliss-reactive ketones (excluding diaryl/α,β-unsaturated/α-hetero) is 1. The van der Waals surface area contributed by atoms with Crippen molar-refractivity contribution < 1.29 is 9.53 Å². The van der Waals surface area contributed by atoms with Crippen LogP contribution in [0.2, 0.25) is 10.0 Å². The molecular weight excluding hydrogens is 211 g/mol. The number of carbonyl (C=O) groups is 1. The van der Waals surface area contributed by atoms with E-state index < -0.39 is 0 Å². The Morgan fingerprint density at radius 3 is 2.31 bits per heavy atom. The number of benzene rings is 1. The van der Waals surface area contributed by atoms with Crippen LogP contribution in [-0.4, -0.2) is 12.9 Å². The van der Waals surface area contributed by atoms with Crippen LogP contribution in [0.15, 0.2) is 12.1 Å². The van der Waals surface area contributed by atoms with Crippen molar-refractivity contribution in [1.29, 1.82) is 0 Å². The minimum Gasteiger partial charge on any atom is -0.496 e. The Kier molecular flexibility index (Phi) is 3.17. The van der Waals surface area contributed by atoms with Gasteiger partial charge in [-0.25, -0.2) is 0 Å². The van der Waals surface area contributed by atoms with Crippen LogP contribution >= 0.6 is 23.2 Å². The average Bonchev–Trinajstić information content (AvgIpc) is 2.08. The summed E-state index contributed by atoms with van der Waals surface area (Å²) in [6.45, 7) is 1.45. The van der Waals surface area contributed by atoms with Crippen LogP contribution < -0.4 is 4.74 Å². The lowest BCUT2D eigenvalue weighted by atomic mass is 10.1. The molecule has 0 fully saturated rings. The third-order valence-electron chi connectivity index (χ3n) is 1.62. The van der Waals surface area contributed by atoms with E-state index in [0.717, 1.165) is 0 Å². The molecule has 0 radical (unpaired) electrons. The molecule has 0 bridgehead atoms. The Balaban J connectivity index is 3.33. The molecule has 0 amide bonds. The predicted octanol–water partition coefficient (Wildman–Crippen LogP) is 3.20. The van der Waals surface area contributed by atoms with Gasteiger partial charge in [0, 0.05) is 6.07 Å². The zero-order valence-electron chi connectivity index (χ0n) is 7.23. The van der Waals surface area contributed by atoms with Crippen molar-refractivity contribution in [3.8, 4) is 5.75 Å². The topological polar surface area (TPSA) is 26.3 Å². The Labute approximate surface area is 86.4 Å². The standard InChI is InChI=1S/C9H8Cl2O2/c1-5(12)6-3-7(10)8(11)4-9(6)13-2/h3-4H,1-2H3. The van der Waals surface area contributed by atoms with Gasteiger partial charge in [0.05, 0.1) is 22.7 Å². The summed E-state index contributed by atoms with van der Waals surface area (Å²) < 4.78 is 4.98. The quantitative estimate of drug-likeness (QED) is 0.714. The first-order chi connectivity index (χ1) is 6.06. The van der Waals surface area contributed by atoms with Crippen LogP contribution in [0, 0.1) is 0 Å². The average molecular weight is 219 g/mol. The number of ether oxygens (including phenoxy) is 1. The fourth-order valence-electron chi connectivity index (χ4n) is 0.973. The number of methoxy groups -OCH3 is 1. The Bertz CT molecular complexity index is 348. The summed E-state index contributed by atoms with van der Waals surface area (Å²) in [5.41, 5.74) is 0.442. The molecular formula is C9H8Cl2O2. The second-order valence-electron chi connectivity index (χ2n) is 2.52. The minimum absolute atomic E-state index is 0.101. The minimum atomic E-state index is -0.101. The predicted molar refractivity (Wildman–Crippen MR) is 53.0 cm³/mol. The molecule has 1 aromatic rings. The highest BCUT2D eigenvalue weighted by molar-refractivity contribution is 6.42. The first kappa shape index (κ1) is 10.4. The van der Waals surface area contributed by atoms with Gasteiger partial charge in [0.1, 0.15) is 5.75 Å². The van der Waals surface area contributed by atoms with Crippen molar-refractivity contribution >= 4 is 29.0 Å². The van der Waals surface area contributed by atoms with Gasteiger partial charge in [0.2, 0.25) is 0 Å². The Morgan fingerprint density at radius 2 is 1.85 bits per heavy atom. The summed E-state index contributed by atoms with van der Waals surface area (Å²) in [6.07, 6.45) is 0. The van der Waals surface area contributed by atoms with Gasteiger partial charge in [-0.1, -0.05) is 23.2 Å². The van der Waals surface area contributed by atoms with Crippen LogP contribution in [0.1, 0.15) is 17.3 Å². The van der Waals surface area contributed by atoms with E-state index in [-0.39, 0.29) is 5.78 Å². The number of rotatable bonds is 2. The molecule has 0 saturated carbocycles. The maximum atomic E-state index is 11.1. The lowest BCUT2D eigenvalue weighted by Gasteiger charge is -2.06. The van der Waals surface area contributed by atoms with Crippen molar-refractivity contribution in [2.24, 2.45) is 0 Å². The summed E-state index contributed by atoms with van der Waals surface area (Å²) in [7, 11) is 1.48. The number of carbonyl (C=O) groups excluding carboxylic acids is 1. The Hall–Kier alpha value is -0.730. The first-order valence-corrected chi connectivity index (χ1v) is 4.36. The lowest BCUT2D eigenvalue weighted by molar-refractivity contribution is 0.101. The van der Waals surface area contributed by atoms with E-state index in [9.17, 15) is 4.79 Å². The fraction of sp³-hybridized carbons (Fsp3) is 0.222. The number of halogens is 2. The molecule has 0 aliphatic heterocycles. The molecule has 0 N–H and O–H groups in total. The molecule has 0 aromatic heterocycles. The maximum Gasteiger partial charge on any atom is 0.163 e. The normalized spacial score (nSPS) is 9.85. The summed E-state index contributed by atoms with van der Waals surface area (Å²) in [4.78, 5) is 11.1. The van der Waals surface area contributed by atoms with E-state index in [1.807, 2.05) is 0 Å². The van der Waals surface area contributed by atoms with Crippen LogP contribution in [0.3, 0.4) is 0 Å². The monoisotopic (exact) mass is 218 g/mol. The number of hydrogen-bond acceptors (Lipinski definition) is 2. The molecule has 13 heavy (non-hydrogen) atoms. The summed E-state index contributed by atoms with van der Waals surface area (Å²) in [5, 5.41) is 0.733. The van der Waals surface area contributed by atoms with Crippen LogP contribution in [-0.2, 0) is 0 Å². The highest BCUT2D eigenvalue weighted by Gasteiger charge is 2.11. The van der Waals surface area contributed by atoms with Crippen LogP contribution in [0.4, 0.5) is 0 Å². The molecule has 4 heteroatoms. The largest absolute Gasteiger partial charge is 0.496 e. The van der Waals surface area contributed by atoms with E-state index in [1.54, 1.807) is 0 Å².